The van der Waals surface area contributed by atoms with Crippen molar-refractivity contribution in [1.82, 2.24) is 0 Å². The maximum atomic E-state index is 10.5. The highest BCUT2D eigenvalue weighted by molar-refractivity contribution is 7.91. The van der Waals surface area contributed by atoms with Crippen LogP contribution in [0.4, 0.5) is 0 Å². The Bertz CT molecular complexity index is 416. The maximum Gasteiger partial charge on any atom is 0.325 e. The van der Waals surface area contributed by atoms with Crippen LogP contribution in [0.15, 0.2) is 0 Å². The number of hydrogen-bond acceptors (Lipinski definition) is 5. The molecule has 10 heteroatoms. The van der Waals surface area contributed by atoms with E-state index in [0.29, 0.717) is 6.92 Å². The summed E-state index contributed by atoms with van der Waals surface area (Å²) in [4.78, 5) is 10.3. The zero-order chi connectivity index (χ0) is 11.7. The molecule has 0 aromatic heterocycles. The van der Waals surface area contributed by atoms with Crippen LogP contribution in [0.25, 0.3) is 0 Å². The van der Waals surface area contributed by atoms with E-state index in [1.54, 1.807) is 0 Å². The predicted octanol–water partition coefficient (Wildman–Crippen LogP) is -1.40. The molecule has 2 atom stereocenters. The molecule has 0 fully saturated rings. The lowest BCUT2D eigenvalue weighted by molar-refractivity contribution is -0.136. The van der Waals surface area contributed by atoms with Gasteiger partial charge >= 0.3 is 5.97 Å². The van der Waals surface area contributed by atoms with Crippen molar-refractivity contribution in [2.45, 2.75) is 17.4 Å². The molecule has 0 spiro atoms. The molecule has 0 heterocycles. The van der Waals surface area contributed by atoms with Crippen LogP contribution in [0.2, 0.25) is 0 Å². The quantitative estimate of drug-likeness (QED) is 0.515. The molecular formula is C4H8O8S2. The maximum absolute atomic E-state index is 10.5. The van der Waals surface area contributed by atoms with Crippen LogP contribution < -0.4 is 0 Å². The average Bonchev–Trinajstić information content (AvgIpc) is 1.79. The first-order valence-electron chi connectivity index (χ1n) is 3.13. The van der Waals surface area contributed by atoms with E-state index in [9.17, 15) is 21.6 Å². The summed E-state index contributed by atoms with van der Waals surface area (Å²) < 4.78 is 58.6. The monoisotopic (exact) mass is 248 g/mol. The summed E-state index contributed by atoms with van der Waals surface area (Å²) in [6.07, 6.45) is 0. The molecule has 3 N–H and O–H groups in total. The van der Waals surface area contributed by atoms with Gasteiger partial charge in [-0.1, -0.05) is 0 Å². The van der Waals surface area contributed by atoms with Gasteiger partial charge in [0, 0.05) is 0 Å². The molecule has 8 nitrogen and oxygen atoms in total. The molecule has 0 saturated carbocycles. The average molecular weight is 248 g/mol. The van der Waals surface area contributed by atoms with Crippen molar-refractivity contribution in [3.05, 3.63) is 0 Å². The van der Waals surface area contributed by atoms with Crippen molar-refractivity contribution in [1.29, 1.82) is 0 Å². The van der Waals surface area contributed by atoms with Crippen LogP contribution in [0.5, 0.6) is 0 Å². The fourth-order valence-corrected chi connectivity index (χ4v) is 2.74. The van der Waals surface area contributed by atoms with Crippen molar-refractivity contribution in [2.75, 3.05) is 0 Å². The van der Waals surface area contributed by atoms with E-state index in [-0.39, 0.29) is 0 Å². The van der Waals surface area contributed by atoms with Gasteiger partial charge in [-0.05, 0) is 6.92 Å². The molecule has 0 bridgehead atoms. The van der Waals surface area contributed by atoms with Gasteiger partial charge in [0.2, 0.25) is 5.25 Å². The van der Waals surface area contributed by atoms with Crippen molar-refractivity contribution in [3.63, 3.8) is 0 Å². The number of carboxylic acids is 1. The smallest absolute Gasteiger partial charge is 0.325 e. The van der Waals surface area contributed by atoms with Gasteiger partial charge in [0.05, 0.1) is 0 Å². The molecule has 84 valence electrons. The summed E-state index contributed by atoms with van der Waals surface area (Å²) in [5.41, 5.74) is 0. The third-order valence-electron chi connectivity index (χ3n) is 1.46. The zero-order valence-corrected chi connectivity index (χ0v) is 8.49. The Balaban J connectivity index is 5.39. The van der Waals surface area contributed by atoms with Crippen LogP contribution in [0, 0.1) is 0 Å². The zero-order valence-electron chi connectivity index (χ0n) is 6.85. The van der Waals surface area contributed by atoms with Gasteiger partial charge in [0.25, 0.3) is 20.2 Å². The van der Waals surface area contributed by atoms with Crippen molar-refractivity contribution in [2.24, 2.45) is 0 Å². The Morgan fingerprint density at radius 1 is 1.07 bits per heavy atom. The number of carboxylic acid groups (broad SMARTS) is 1. The first-order chi connectivity index (χ1) is 5.98. The summed E-state index contributed by atoms with van der Waals surface area (Å²) in [5, 5.41) is 3.58. The molecule has 0 aromatic carbocycles. The number of hydrogen-bond donors (Lipinski definition) is 3. The van der Waals surface area contributed by atoms with Gasteiger partial charge in [-0.2, -0.15) is 16.8 Å². The van der Waals surface area contributed by atoms with Crippen molar-refractivity contribution >= 4 is 26.2 Å². The van der Waals surface area contributed by atoms with Crippen molar-refractivity contribution in [3.8, 4) is 0 Å². The lowest BCUT2D eigenvalue weighted by atomic mass is 10.3. The van der Waals surface area contributed by atoms with E-state index < -0.39 is 36.7 Å². The number of carbonyl (C=O) groups is 1. The minimum absolute atomic E-state index is 0.655. The molecule has 0 aliphatic rings. The Hall–Kier alpha value is -0.710. The van der Waals surface area contributed by atoms with E-state index in [0.717, 1.165) is 0 Å². The van der Waals surface area contributed by atoms with Crippen LogP contribution >= 0.6 is 0 Å². The van der Waals surface area contributed by atoms with E-state index in [1.165, 1.54) is 0 Å². The van der Waals surface area contributed by atoms with Gasteiger partial charge in [-0.25, -0.2) is 0 Å². The van der Waals surface area contributed by atoms with Crippen molar-refractivity contribution < 1.29 is 35.8 Å². The Labute approximate surface area is 80.0 Å². The minimum Gasteiger partial charge on any atom is -0.480 e. The van der Waals surface area contributed by atoms with Gasteiger partial charge < -0.3 is 5.11 Å². The molecule has 2 unspecified atom stereocenters. The largest absolute Gasteiger partial charge is 0.480 e. The molecular weight excluding hydrogens is 240 g/mol. The summed E-state index contributed by atoms with van der Waals surface area (Å²) in [7, 11) is -9.94. The molecule has 0 rings (SSSR count). The predicted molar refractivity (Wildman–Crippen MR) is 44.0 cm³/mol. The molecule has 14 heavy (non-hydrogen) atoms. The number of rotatable bonds is 4. The second-order valence-electron chi connectivity index (χ2n) is 2.49. The van der Waals surface area contributed by atoms with E-state index in [1.807, 2.05) is 0 Å². The molecule has 0 aliphatic carbocycles. The highest BCUT2D eigenvalue weighted by atomic mass is 32.2. The lowest BCUT2D eigenvalue weighted by Crippen LogP contribution is -2.43. The molecule has 0 aliphatic heterocycles. The van der Waals surface area contributed by atoms with Crippen LogP contribution in [-0.2, 0) is 25.0 Å². The topological polar surface area (TPSA) is 146 Å². The SMILES string of the molecule is CC(C(C(=O)O)S(=O)(=O)O)S(=O)(=O)O. The Kier molecular flexibility index (Phi) is 3.61. The normalized spacial score (nSPS) is 17.4. The molecule has 0 radical (unpaired) electrons. The highest BCUT2D eigenvalue weighted by Gasteiger charge is 2.42. The fourth-order valence-electron chi connectivity index (χ4n) is 0.727. The summed E-state index contributed by atoms with van der Waals surface area (Å²) in [6, 6.07) is 0. The van der Waals surface area contributed by atoms with Crippen LogP contribution in [-0.4, -0.2) is 47.5 Å². The van der Waals surface area contributed by atoms with Gasteiger partial charge in [-0.15, -0.1) is 0 Å². The fraction of sp³-hybridized carbons (Fsp3) is 0.750. The van der Waals surface area contributed by atoms with Gasteiger partial charge in [-0.3, -0.25) is 13.9 Å². The van der Waals surface area contributed by atoms with Crippen LogP contribution in [0.3, 0.4) is 0 Å². The first kappa shape index (κ1) is 13.3. The second-order valence-corrected chi connectivity index (χ2v) is 5.81. The molecule has 0 amide bonds. The van der Waals surface area contributed by atoms with E-state index in [2.05, 4.69) is 0 Å². The Morgan fingerprint density at radius 3 is 1.50 bits per heavy atom. The molecule has 0 saturated heterocycles. The van der Waals surface area contributed by atoms with E-state index >= 15 is 0 Å². The lowest BCUT2D eigenvalue weighted by Gasteiger charge is -2.13. The van der Waals surface area contributed by atoms with Crippen LogP contribution in [0.1, 0.15) is 6.92 Å². The first-order valence-corrected chi connectivity index (χ1v) is 6.14. The number of aliphatic carboxylic acids is 1. The summed E-state index contributed by atoms with van der Waals surface area (Å²) in [5.74, 6) is -2.06. The minimum atomic E-state index is -5.09. The highest BCUT2D eigenvalue weighted by Crippen LogP contribution is 2.12. The van der Waals surface area contributed by atoms with Gasteiger partial charge in [0.15, 0.2) is 0 Å². The third kappa shape index (κ3) is 3.21. The summed E-state index contributed by atoms with van der Waals surface area (Å²) >= 11 is 0. The Morgan fingerprint density at radius 2 is 1.43 bits per heavy atom. The summed E-state index contributed by atoms with van der Waals surface area (Å²) in [6.45, 7) is 0.655. The third-order valence-corrected chi connectivity index (χ3v) is 4.10. The molecule has 0 aromatic rings. The standard InChI is InChI=1S/C4H8O8S2/c1-2(13(7,8)9)3(4(5)6)14(10,11)12/h2-3H,1H3,(H,5,6)(H,7,8,9)(H,10,11,12). The second kappa shape index (κ2) is 3.81. The van der Waals surface area contributed by atoms with Gasteiger partial charge in [0.1, 0.15) is 5.25 Å². The van der Waals surface area contributed by atoms with E-state index in [4.69, 9.17) is 14.2 Å².